The van der Waals surface area contributed by atoms with Crippen LogP contribution in [-0.2, 0) is 6.42 Å². The number of nitrogens with two attached hydrogens (primary N) is 1. The van der Waals surface area contributed by atoms with Crippen LogP contribution in [0.5, 0.6) is 5.75 Å². The molecule has 1 unspecified atom stereocenters. The van der Waals surface area contributed by atoms with Gasteiger partial charge in [0.05, 0.1) is 18.8 Å². The van der Waals surface area contributed by atoms with Crippen LogP contribution in [0.4, 0.5) is 0 Å². The number of hydrogen-bond acceptors (Lipinski definition) is 3. The zero-order valence-electron chi connectivity index (χ0n) is 10.5. The van der Waals surface area contributed by atoms with Crippen molar-refractivity contribution in [3.63, 3.8) is 0 Å². The number of rotatable bonds is 2. The molecule has 0 saturated heterocycles. The van der Waals surface area contributed by atoms with E-state index in [4.69, 9.17) is 10.5 Å². The molecule has 0 saturated carbocycles. The van der Waals surface area contributed by atoms with E-state index in [1.807, 2.05) is 30.5 Å². The molecule has 0 spiro atoms. The van der Waals surface area contributed by atoms with Crippen molar-refractivity contribution in [2.45, 2.75) is 25.4 Å². The van der Waals surface area contributed by atoms with Gasteiger partial charge in [0.15, 0.2) is 0 Å². The third-order valence-corrected chi connectivity index (χ3v) is 3.49. The SMILES string of the molecule is COc1ccccc1-c1ncc2n1C(N)CCC2. The van der Waals surface area contributed by atoms with Crippen molar-refractivity contribution in [2.75, 3.05) is 7.11 Å². The second kappa shape index (κ2) is 4.46. The summed E-state index contributed by atoms with van der Waals surface area (Å²) in [4.78, 5) is 4.53. The highest BCUT2D eigenvalue weighted by atomic mass is 16.5. The summed E-state index contributed by atoms with van der Waals surface area (Å²) < 4.78 is 7.54. The van der Waals surface area contributed by atoms with E-state index in [9.17, 15) is 0 Å². The van der Waals surface area contributed by atoms with E-state index < -0.39 is 0 Å². The summed E-state index contributed by atoms with van der Waals surface area (Å²) >= 11 is 0. The van der Waals surface area contributed by atoms with E-state index in [1.54, 1.807) is 7.11 Å². The Morgan fingerprint density at radius 1 is 1.39 bits per heavy atom. The van der Waals surface area contributed by atoms with Gasteiger partial charge < -0.3 is 15.0 Å². The third-order valence-electron chi connectivity index (χ3n) is 3.49. The average molecular weight is 243 g/mol. The number of fused-ring (bicyclic) bond motifs is 1. The summed E-state index contributed by atoms with van der Waals surface area (Å²) in [6, 6.07) is 7.93. The lowest BCUT2D eigenvalue weighted by Gasteiger charge is -2.24. The maximum atomic E-state index is 6.20. The predicted molar refractivity (Wildman–Crippen MR) is 70.4 cm³/mol. The minimum Gasteiger partial charge on any atom is -0.496 e. The molecule has 1 aliphatic rings. The summed E-state index contributed by atoms with van der Waals surface area (Å²) in [5, 5.41) is 0. The minimum absolute atomic E-state index is 0.0242. The van der Waals surface area contributed by atoms with E-state index in [0.29, 0.717) is 0 Å². The number of aromatic nitrogens is 2. The first-order chi connectivity index (χ1) is 8.81. The smallest absolute Gasteiger partial charge is 0.145 e. The monoisotopic (exact) mass is 243 g/mol. The van der Waals surface area contributed by atoms with Crippen molar-refractivity contribution in [1.82, 2.24) is 9.55 Å². The number of aryl methyl sites for hydroxylation is 1. The lowest BCUT2D eigenvalue weighted by atomic mass is 10.1. The highest BCUT2D eigenvalue weighted by Crippen LogP contribution is 2.33. The van der Waals surface area contributed by atoms with Crippen LogP contribution >= 0.6 is 0 Å². The summed E-state index contributed by atoms with van der Waals surface area (Å²) in [5.41, 5.74) is 8.42. The summed E-state index contributed by atoms with van der Waals surface area (Å²) in [6.45, 7) is 0. The van der Waals surface area contributed by atoms with Gasteiger partial charge in [-0.15, -0.1) is 0 Å². The number of para-hydroxylation sites is 1. The van der Waals surface area contributed by atoms with Gasteiger partial charge in [-0.3, -0.25) is 0 Å². The van der Waals surface area contributed by atoms with Gasteiger partial charge in [-0.1, -0.05) is 12.1 Å². The fourth-order valence-corrected chi connectivity index (χ4v) is 2.60. The first kappa shape index (κ1) is 11.3. The molecule has 4 heteroatoms. The van der Waals surface area contributed by atoms with Crippen LogP contribution in [0.1, 0.15) is 24.7 Å². The predicted octanol–water partition coefficient (Wildman–Crippen LogP) is 2.35. The van der Waals surface area contributed by atoms with Gasteiger partial charge in [0.25, 0.3) is 0 Å². The number of nitrogens with zero attached hydrogens (tertiary/aromatic N) is 2. The zero-order valence-corrected chi connectivity index (χ0v) is 10.5. The Hall–Kier alpha value is -1.81. The molecule has 4 nitrogen and oxygen atoms in total. The first-order valence-electron chi connectivity index (χ1n) is 6.26. The van der Waals surface area contributed by atoms with Gasteiger partial charge in [-0.2, -0.15) is 0 Å². The quantitative estimate of drug-likeness (QED) is 0.880. The van der Waals surface area contributed by atoms with Crippen molar-refractivity contribution in [2.24, 2.45) is 5.73 Å². The van der Waals surface area contributed by atoms with Crippen LogP contribution in [0.3, 0.4) is 0 Å². The standard InChI is InChI=1S/C14H17N3O/c1-18-12-7-3-2-6-11(12)14-16-9-10-5-4-8-13(15)17(10)14/h2-3,6-7,9,13H,4-5,8,15H2,1H3. The second-order valence-electron chi connectivity index (χ2n) is 4.60. The average Bonchev–Trinajstić information content (AvgIpc) is 2.84. The number of hydrogen-bond donors (Lipinski definition) is 1. The van der Waals surface area contributed by atoms with E-state index in [2.05, 4.69) is 9.55 Å². The summed E-state index contributed by atoms with van der Waals surface area (Å²) in [7, 11) is 1.68. The first-order valence-corrected chi connectivity index (χ1v) is 6.26. The highest BCUT2D eigenvalue weighted by Gasteiger charge is 2.22. The molecule has 2 heterocycles. The lowest BCUT2D eigenvalue weighted by molar-refractivity contribution is 0.408. The summed E-state index contributed by atoms with van der Waals surface area (Å²) in [5.74, 6) is 1.75. The van der Waals surface area contributed by atoms with Gasteiger partial charge in [-0.05, 0) is 31.4 Å². The molecule has 0 fully saturated rings. The third kappa shape index (κ3) is 1.69. The zero-order chi connectivity index (χ0) is 12.5. The van der Waals surface area contributed by atoms with Crippen molar-refractivity contribution >= 4 is 0 Å². The molecule has 18 heavy (non-hydrogen) atoms. The maximum absolute atomic E-state index is 6.20. The van der Waals surface area contributed by atoms with Crippen LogP contribution in [0.25, 0.3) is 11.4 Å². The van der Waals surface area contributed by atoms with E-state index in [1.165, 1.54) is 5.69 Å². The van der Waals surface area contributed by atoms with Crippen LogP contribution < -0.4 is 10.5 Å². The Bertz CT molecular complexity index is 562. The Kier molecular flexibility index (Phi) is 2.80. The number of benzene rings is 1. The molecule has 94 valence electrons. The molecule has 1 aromatic carbocycles. The van der Waals surface area contributed by atoms with Crippen molar-refractivity contribution in [3.05, 3.63) is 36.2 Å². The fourth-order valence-electron chi connectivity index (χ4n) is 2.60. The van der Waals surface area contributed by atoms with Gasteiger partial charge in [0.2, 0.25) is 0 Å². The molecule has 2 N–H and O–H groups in total. The molecule has 0 bridgehead atoms. The van der Waals surface area contributed by atoms with Gasteiger partial charge in [0.1, 0.15) is 11.6 Å². The number of imidazole rings is 1. The van der Waals surface area contributed by atoms with Crippen LogP contribution in [0, 0.1) is 0 Å². The normalized spacial score (nSPS) is 18.4. The molecular formula is C14H17N3O. The molecular weight excluding hydrogens is 226 g/mol. The molecule has 0 amide bonds. The maximum Gasteiger partial charge on any atom is 0.145 e. The second-order valence-corrected chi connectivity index (χ2v) is 4.60. The molecule has 1 aliphatic heterocycles. The largest absolute Gasteiger partial charge is 0.496 e. The molecule has 2 aromatic rings. The van der Waals surface area contributed by atoms with Crippen molar-refractivity contribution < 1.29 is 4.74 Å². The topological polar surface area (TPSA) is 53.1 Å². The molecule has 3 rings (SSSR count). The lowest BCUT2D eigenvalue weighted by Crippen LogP contribution is -2.25. The van der Waals surface area contributed by atoms with Crippen molar-refractivity contribution in [3.8, 4) is 17.1 Å². The highest BCUT2D eigenvalue weighted by molar-refractivity contribution is 5.65. The van der Waals surface area contributed by atoms with Crippen molar-refractivity contribution in [1.29, 1.82) is 0 Å². The van der Waals surface area contributed by atoms with E-state index in [-0.39, 0.29) is 6.17 Å². The Balaban J connectivity index is 2.15. The van der Waals surface area contributed by atoms with Crippen LogP contribution in [0.15, 0.2) is 30.5 Å². The molecule has 1 atom stereocenters. The Morgan fingerprint density at radius 3 is 3.06 bits per heavy atom. The van der Waals surface area contributed by atoms with Gasteiger partial charge in [0, 0.05) is 11.9 Å². The van der Waals surface area contributed by atoms with E-state index in [0.717, 1.165) is 36.4 Å². The number of methoxy groups -OCH3 is 1. The Labute approximate surface area is 106 Å². The van der Waals surface area contributed by atoms with E-state index >= 15 is 0 Å². The van der Waals surface area contributed by atoms with Gasteiger partial charge in [-0.25, -0.2) is 4.98 Å². The van der Waals surface area contributed by atoms with Gasteiger partial charge >= 0.3 is 0 Å². The molecule has 0 aliphatic carbocycles. The Morgan fingerprint density at radius 2 is 2.22 bits per heavy atom. The molecule has 1 aromatic heterocycles. The number of ether oxygens (including phenoxy) is 1. The summed E-state index contributed by atoms with van der Waals surface area (Å²) in [6.07, 6.45) is 5.15. The minimum atomic E-state index is 0.0242. The fraction of sp³-hybridized carbons (Fsp3) is 0.357. The molecule has 0 radical (unpaired) electrons. The van der Waals surface area contributed by atoms with Crippen LogP contribution in [-0.4, -0.2) is 16.7 Å². The van der Waals surface area contributed by atoms with Crippen LogP contribution in [0.2, 0.25) is 0 Å².